The van der Waals surface area contributed by atoms with Gasteiger partial charge in [-0.2, -0.15) is 0 Å². The van der Waals surface area contributed by atoms with E-state index in [1.54, 1.807) is 0 Å². The summed E-state index contributed by atoms with van der Waals surface area (Å²) >= 11 is 0. The van der Waals surface area contributed by atoms with Crippen LogP contribution < -0.4 is 14.8 Å². The molecule has 3 rings (SSSR count). The first-order valence-electron chi connectivity index (χ1n) is 10.9. The first kappa shape index (κ1) is 22.2. The zero-order valence-electron chi connectivity index (χ0n) is 18.6. The minimum Gasteiger partial charge on any atom is -0.490 e. The standard InChI is InChI=1S/C25H34N2O3/c1-5-23(30-24-16-18(2)6-7-19(24)3)25(28)26-17-20-8-10-21(11-9-20)29-22-12-14-27(4)15-13-22/h6-11,16,22-23H,5,12-15,17H2,1-4H3,(H,26,28)/t23-/m0/s1. The molecule has 2 aromatic carbocycles. The number of nitrogens with zero attached hydrogens (tertiary/aromatic N) is 1. The topological polar surface area (TPSA) is 50.8 Å². The van der Waals surface area contributed by atoms with E-state index in [0.29, 0.717) is 19.1 Å². The number of amides is 1. The number of likely N-dealkylation sites (tertiary alicyclic amines) is 1. The van der Waals surface area contributed by atoms with E-state index < -0.39 is 6.10 Å². The highest BCUT2D eigenvalue weighted by atomic mass is 16.5. The van der Waals surface area contributed by atoms with Crippen LogP contribution in [0.15, 0.2) is 42.5 Å². The molecular weight excluding hydrogens is 376 g/mol. The molecule has 0 unspecified atom stereocenters. The van der Waals surface area contributed by atoms with Gasteiger partial charge in [-0.25, -0.2) is 0 Å². The Morgan fingerprint density at radius 1 is 1.13 bits per heavy atom. The molecule has 30 heavy (non-hydrogen) atoms. The molecule has 5 heteroatoms. The van der Waals surface area contributed by atoms with Gasteiger partial charge in [-0.15, -0.1) is 0 Å². The number of rotatable bonds is 8. The van der Waals surface area contributed by atoms with Gasteiger partial charge in [0.1, 0.15) is 17.6 Å². The Kier molecular flexibility index (Phi) is 7.75. The first-order valence-corrected chi connectivity index (χ1v) is 10.9. The summed E-state index contributed by atoms with van der Waals surface area (Å²) in [7, 11) is 2.15. The van der Waals surface area contributed by atoms with E-state index in [9.17, 15) is 4.79 Å². The normalized spacial score (nSPS) is 16.1. The maximum Gasteiger partial charge on any atom is 0.261 e. The zero-order chi connectivity index (χ0) is 21.5. The van der Waals surface area contributed by atoms with Crippen molar-refractivity contribution in [1.29, 1.82) is 0 Å². The molecule has 162 valence electrons. The molecule has 1 atom stereocenters. The molecule has 0 saturated carbocycles. The van der Waals surface area contributed by atoms with E-state index in [1.165, 1.54) is 0 Å². The molecule has 1 N–H and O–H groups in total. The van der Waals surface area contributed by atoms with E-state index in [-0.39, 0.29) is 5.91 Å². The molecule has 1 aliphatic rings. The molecule has 0 aliphatic carbocycles. The van der Waals surface area contributed by atoms with E-state index in [0.717, 1.165) is 54.1 Å². The summed E-state index contributed by atoms with van der Waals surface area (Å²) in [6, 6.07) is 14.0. The Labute approximate surface area is 180 Å². The van der Waals surface area contributed by atoms with Gasteiger partial charge in [-0.3, -0.25) is 4.79 Å². The van der Waals surface area contributed by atoms with Crippen LogP contribution in [0.5, 0.6) is 11.5 Å². The van der Waals surface area contributed by atoms with Crippen LogP contribution in [0, 0.1) is 13.8 Å². The number of aryl methyl sites for hydroxylation is 2. The largest absolute Gasteiger partial charge is 0.490 e. The molecule has 0 radical (unpaired) electrons. The summed E-state index contributed by atoms with van der Waals surface area (Å²) in [4.78, 5) is 15.0. The van der Waals surface area contributed by atoms with Crippen LogP contribution in [-0.2, 0) is 11.3 Å². The Morgan fingerprint density at radius 3 is 2.50 bits per heavy atom. The average molecular weight is 411 g/mol. The maximum absolute atomic E-state index is 12.6. The predicted molar refractivity (Wildman–Crippen MR) is 120 cm³/mol. The van der Waals surface area contributed by atoms with Gasteiger partial charge in [0.25, 0.3) is 5.91 Å². The SMILES string of the molecule is CC[C@H](Oc1cc(C)ccc1C)C(=O)NCc1ccc(OC2CCN(C)CC2)cc1. The van der Waals surface area contributed by atoms with Crippen LogP contribution in [0.1, 0.15) is 42.9 Å². The second-order valence-electron chi connectivity index (χ2n) is 8.27. The molecule has 1 aliphatic heterocycles. The van der Waals surface area contributed by atoms with Crippen LogP contribution in [0.25, 0.3) is 0 Å². The molecular formula is C25H34N2O3. The minimum atomic E-state index is -0.502. The predicted octanol–water partition coefficient (Wildman–Crippen LogP) is 4.25. The van der Waals surface area contributed by atoms with Crippen molar-refractivity contribution in [3.8, 4) is 11.5 Å². The quantitative estimate of drug-likeness (QED) is 0.707. The van der Waals surface area contributed by atoms with Gasteiger partial charge in [0, 0.05) is 19.6 Å². The second-order valence-corrected chi connectivity index (χ2v) is 8.27. The fraction of sp³-hybridized carbons (Fsp3) is 0.480. The van der Waals surface area contributed by atoms with Gasteiger partial charge < -0.3 is 19.7 Å². The lowest BCUT2D eigenvalue weighted by atomic mass is 10.1. The molecule has 0 aromatic heterocycles. The molecule has 5 nitrogen and oxygen atoms in total. The molecule has 0 spiro atoms. The maximum atomic E-state index is 12.6. The summed E-state index contributed by atoms with van der Waals surface area (Å²) in [6.07, 6.45) is 2.53. The lowest BCUT2D eigenvalue weighted by molar-refractivity contribution is -0.128. The lowest BCUT2D eigenvalue weighted by Gasteiger charge is -2.29. The van der Waals surface area contributed by atoms with Gasteiger partial charge in [0.2, 0.25) is 0 Å². The van der Waals surface area contributed by atoms with Crippen molar-refractivity contribution in [2.75, 3.05) is 20.1 Å². The van der Waals surface area contributed by atoms with Crippen molar-refractivity contribution in [3.63, 3.8) is 0 Å². The van der Waals surface area contributed by atoms with Crippen molar-refractivity contribution in [2.45, 2.75) is 58.8 Å². The fourth-order valence-corrected chi connectivity index (χ4v) is 3.59. The summed E-state index contributed by atoms with van der Waals surface area (Å²) in [5, 5.41) is 3.00. The Balaban J connectivity index is 1.50. The van der Waals surface area contributed by atoms with Crippen LogP contribution in [0.2, 0.25) is 0 Å². The van der Waals surface area contributed by atoms with Gasteiger partial charge in [0.05, 0.1) is 0 Å². The third kappa shape index (κ3) is 6.23. The fourth-order valence-electron chi connectivity index (χ4n) is 3.59. The second kappa shape index (κ2) is 10.5. The highest BCUT2D eigenvalue weighted by Gasteiger charge is 2.20. The Morgan fingerprint density at radius 2 is 1.83 bits per heavy atom. The van der Waals surface area contributed by atoms with Crippen molar-refractivity contribution in [2.24, 2.45) is 0 Å². The summed E-state index contributed by atoms with van der Waals surface area (Å²) in [5.41, 5.74) is 3.20. The summed E-state index contributed by atoms with van der Waals surface area (Å²) in [6.45, 7) is 8.61. The van der Waals surface area contributed by atoms with E-state index in [2.05, 4.69) is 17.3 Å². The van der Waals surface area contributed by atoms with Crippen molar-refractivity contribution in [1.82, 2.24) is 10.2 Å². The van der Waals surface area contributed by atoms with Gasteiger partial charge >= 0.3 is 0 Å². The molecule has 0 bridgehead atoms. The monoisotopic (exact) mass is 410 g/mol. The minimum absolute atomic E-state index is 0.0925. The Hall–Kier alpha value is -2.53. The zero-order valence-corrected chi connectivity index (χ0v) is 18.6. The number of piperidine rings is 1. The molecule has 1 heterocycles. The molecule has 1 saturated heterocycles. The molecule has 2 aromatic rings. The van der Waals surface area contributed by atoms with Crippen LogP contribution in [0.3, 0.4) is 0 Å². The first-order chi connectivity index (χ1) is 14.4. The van der Waals surface area contributed by atoms with E-state index >= 15 is 0 Å². The van der Waals surface area contributed by atoms with E-state index in [4.69, 9.17) is 9.47 Å². The van der Waals surface area contributed by atoms with Crippen molar-refractivity contribution >= 4 is 5.91 Å². The average Bonchev–Trinajstić information content (AvgIpc) is 2.75. The number of hydrogen-bond acceptors (Lipinski definition) is 4. The summed E-state index contributed by atoms with van der Waals surface area (Å²) < 4.78 is 12.1. The third-order valence-electron chi connectivity index (χ3n) is 5.63. The van der Waals surface area contributed by atoms with Crippen molar-refractivity contribution in [3.05, 3.63) is 59.2 Å². The number of hydrogen-bond donors (Lipinski definition) is 1. The Bertz CT molecular complexity index is 827. The number of carbonyl (C=O) groups excluding carboxylic acids is 1. The third-order valence-corrected chi connectivity index (χ3v) is 5.63. The number of ether oxygens (including phenoxy) is 2. The number of nitrogens with one attached hydrogen (secondary N) is 1. The van der Waals surface area contributed by atoms with Crippen molar-refractivity contribution < 1.29 is 14.3 Å². The lowest BCUT2D eigenvalue weighted by Crippen LogP contribution is -2.37. The van der Waals surface area contributed by atoms with Crippen LogP contribution in [0.4, 0.5) is 0 Å². The highest BCUT2D eigenvalue weighted by molar-refractivity contribution is 5.81. The highest BCUT2D eigenvalue weighted by Crippen LogP contribution is 2.22. The number of carbonyl (C=O) groups is 1. The molecule has 1 fully saturated rings. The van der Waals surface area contributed by atoms with Gasteiger partial charge in [-0.1, -0.05) is 31.2 Å². The van der Waals surface area contributed by atoms with Gasteiger partial charge in [-0.05, 0) is 75.0 Å². The summed E-state index contributed by atoms with van der Waals surface area (Å²) in [5.74, 6) is 1.57. The molecule has 1 amide bonds. The van der Waals surface area contributed by atoms with Gasteiger partial charge in [0.15, 0.2) is 6.10 Å². The number of benzene rings is 2. The smallest absolute Gasteiger partial charge is 0.261 e. The van der Waals surface area contributed by atoms with E-state index in [1.807, 2.05) is 63.2 Å². The van der Waals surface area contributed by atoms with Crippen LogP contribution in [-0.4, -0.2) is 43.2 Å². The van der Waals surface area contributed by atoms with Crippen LogP contribution >= 0.6 is 0 Å².